The lowest BCUT2D eigenvalue weighted by Crippen LogP contribution is -2.35. The van der Waals surface area contributed by atoms with Crippen LogP contribution in [0.3, 0.4) is 0 Å². The van der Waals surface area contributed by atoms with Crippen molar-refractivity contribution in [1.82, 2.24) is 34.4 Å². The van der Waals surface area contributed by atoms with Crippen molar-refractivity contribution >= 4 is 40.2 Å². The number of amides is 2. The number of anilines is 2. The summed E-state index contributed by atoms with van der Waals surface area (Å²) in [6.07, 6.45) is 22.5. The second kappa shape index (κ2) is 46.9. The Morgan fingerprint density at radius 2 is 0.934 bits per heavy atom. The third-order valence-corrected chi connectivity index (χ3v) is 20.5. The van der Waals surface area contributed by atoms with E-state index in [0.717, 1.165) is 126 Å². The standard InChI is InChI=1S/C40H72N7O6P.C28H49N4O4P/c1-8-35-36(53-54(51-27-19-22-41)47(31(2)3)32(4)5)29-40(52-35)46-30-33(6)34(28-39(46)50)43-24-16-10-9-11-17-25-44-38(49)21-14-18-26-45-37(48)20-13-12-15-23-42-7;1-8-10-11-12-13-16-30-24-18-27(33)31(20-23(24)7)28-19-26(25(9-2)35-28)36-37(34-17-14-15-29)32(21(3)4)22(5)6/h28,30-32,35-36,40,42-43H,8-21,23-27,29H2,1-7H3,(H,44,49)(H,45,48);18,20-22,25-26,28,30H,8-14,16-17,19H2,1-7H3. The maximum Gasteiger partial charge on any atom is 0.259 e. The van der Waals surface area contributed by atoms with E-state index in [1.807, 2.05) is 33.3 Å². The van der Waals surface area contributed by atoms with Crippen LogP contribution >= 0.6 is 17.1 Å². The minimum atomic E-state index is -1.41. The number of carbonyl (C=O) groups is 2. The van der Waals surface area contributed by atoms with E-state index >= 15 is 0 Å². The molecule has 2 amide bonds. The predicted octanol–water partition coefficient (Wildman–Crippen LogP) is 14.0. The molecule has 0 spiro atoms. The van der Waals surface area contributed by atoms with Gasteiger partial charge < -0.3 is 54.2 Å². The number of aromatic nitrogens is 2. The van der Waals surface area contributed by atoms with Crippen molar-refractivity contribution in [2.45, 2.75) is 299 Å². The third kappa shape index (κ3) is 30.5. The molecule has 2 saturated heterocycles. The van der Waals surface area contributed by atoms with Crippen molar-refractivity contribution in [3.05, 3.63) is 56.4 Å². The number of nitrogens with zero attached hydrogens (tertiary/aromatic N) is 6. The lowest BCUT2D eigenvalue weighted by molar-refractivity contribution is -0.121. The lowest BCUT2D eigenvalue weighted by Gasteiger charge is -2.37. The van der Waals surface area contributed by atoms with Crippen LogP contribution in [0.2, 0.25) is 0 Å². The second-order valence-corrected chi connectivity index (χ2v) is 28.1. The van der Waals surface area contributed by atoms with Gasteiger partial charge in [0.1, 0.15) is 12.5 Å². The van der Waals surface area contributed by atoms with Crippen LogP contribution in [-0.2, 0) is 37.2 Å². The number of aryl methyl sites for hydroxylation is 2. The average Bonchev–Trinajstić information content (AvgIpc) is 1.81. The summed E-state index contributed by atoms with van der Waals surface area (Å²) >= 11 is 0. The molecule has 2 fully saturated rings. The highest BCUT2D eigenvalue weighted by molar-refractivity contribution is 7.44. The Kier molecular flexibility index (Phi) is 41.8. The van der Waals surface area contributed by atoms with Gasteiger partial charge in [0.25, 0.3) is 28.2 Å². The zero-order chi connectivity index (χ0) is 67.1. The van der Waals surface area contributed by atoms with Crippen LogP contribution in [-0.4, -0.2) is 132 Å². The zero-order valence-electron chi connectivity index (χ0n) is 58.5. The summed E-state index contributed by atoms with van der Waals surface area (Å²) in [6.45, 7) is 32.0. The van der Waals surface area contributed by atoms with Gasteiger partial charge in [-0.05, 0) is 152 Å². The maximum absolute atomic E-state index is 13.3. The highest BCUT2D eigenvalue weighted by atomic mass is 31.2. The van der Waals surface area contributed by atoms with Crippen molar-refractivity contribution in [2.24, 2.45) is 0 Å². The molecule has 4 rings (SSSR count). The first kappa shape index (κ1) is 81.2. The van der Waals surface area contributed by atoms with Crippen LogP contribution in [0.5, 0.6) is 0 Å². The number of unbranched alkanes of at least 4 members (excludes halogenated alkanes) is 11. The Hall–Kier alpha value is -4.08. The second-order valence-electron chi connectivity index (χ2n) is 25.3. The number of hydrogen-bond acceptors (Lipinski definition) is 17. The van der Waals surface area contributed by atoms with E-state index < -0.39 is 23.3 Å². The van der Waals surface area contributed by atoms with E-state index in [2.05, 4.69) is 124 Å². The summed E-state index contributed by atoms with van der Waals surface area (Å²) in [7, 11) is -0.848. The normalized spacial score (nSPS) is 18.8. The Morgan fingerprint density at radius 3 is 1.32 bits per heavy atom. The summed E-state index contributed by atoms with van der Waals surface area (Å²) in [5.41, 5.74) is 3.57. The largest absolute Gasteiger partial charge is 0.385 e. The molecule has 0 radical (unpaired) electrons. The van der Waals surface area contributed by atoms with Gasteiger partial charge in [-0.25, -0.2) is 9.34 Å². The minimum Gasteiger partial charge on any atom is -0.385 e. The summed E-state index contributed by atoms with van der Waals surface area (Å²) in [5.74, 6) is 0.184. The average molecular weight is 1310 g/mol. The fourth-order valence-corrected chi connectivity index (χ4v) is 14.9. The highest BCUT2D eigenvalue weighted by Crippen LogP contribution is 2.52. The van der Waals surface area contributed by atoms with Gasteiger partial charge in [-0.15, -0.1) is 0 Å². The number of carbonyl (C=O) groups excluding carboxylic acids is 2. The van der Waals surface area contributed by atoms with Crippen molar-refractivity contribution in [3.8, 4) is 12.1 Å². The molecule has 23 heteroatoms. The summed E-state index contributed by atoms with van der Waals surface area (Å²) in [6, 6.07) is 8.50. The summed E-state index contributed by atoms with van der Waals surface area (Å²) < 4.78 is 46.0. The molecule has 8 atom stereocenters. The first-order valence-corrected chi connectivity index (χ1v) is 36.9. The quantitative estimate of drug-likeness (QED) is 0.0305. The first-order chi connectivity index (χ1) is 43.7. The Labute approximate surface area is 550 Å². The van der Waals surface area contributed by atoms with Gasteiger partial charge in [0.05, 0.1) is 62.6 Å². The van der Waals surface area contributed by atoms with E-state index in [1.54, 1.807) is 21.3 Å². The molecule has 0 bridgehead atoms. The molecule has 4 heterocycles. The van der Waals surface area contributed by atoms with Crippen LogP contribution < -0.4 is 37.7 Å². The molecule has 2 aliphatic rings. The van der Waals surface area contributed by atoms with Crippen LogP contribution in [0.15, 0.2) is 34.1 Å². The van der Waals surface area contributed by atoms with Crippen LogP contribution in [0.1, 0.15) is 247 Å². The molecule has 0 saturated carbocycles. The van der Waals surface area contributed by atoms with Crippen LogP contribution in [0.4, 0.5) is 11.4 Å². The third-order valence-electron chi connectivity index (χ3n) is 16.2. The van der Waals surface area contributed by atoms with Crippen molar-refractivity contribution in [1.29, 1.82) is 10.5 Å². The van der Waals surface area contributed by atoms with Gasteiger partial charge in [-0.2, -0.15) is 10.5 Å². The summed E-state index contributed by atoms with van der Waals surface area (Å²) in [5, 5.41) is 34.0. The molecule has 2 aliphatic heterocycles. The van der Waals surface area contributed by atoms with Gasteiger partial charge >= 0.3 is 0 Å². The number of pyridine rings is 2. The molecule has 518 valence electrons. The lowest BCUT2D eigenvalue weighted by atomic mass is 10.1. The number of ether oxygens (including phenoxy) is 2. The first-order valence-electron chi connectivity index (χ1n) is 34.7. The van der Waals surface area contributed by atoms with E-state index in [0.29, 0.717) is 64.8 Å². The van der Waals surface area contributed by atoms with E-state index in [4.69, 9.17) is 38.1 Å². The van der Waals surface area contributed by atoms with E-state index in [1.165, 1.54) is 25.7 Å². The van der Waals surface area contributed by atoms with E-state index in [-0.39, 0.29) is 77.7 Å². The van der Waals surface area contributed by atoms with Gasteiger partial charge in [-0.1, -0.05) is 72.1 Å². The van der Waals surface area contributed by atoms with Crippen LogP contribution in [0, 0.1) is 36.5 Å². The van der Waals surface area contributed by atoms with Gasteiger partial charge in [0, 0.05) is 112 Å². The van der Waals surface area contributed by atoms with Crippen molar-refractivity contribution in [2.75, 3.05) is 63.6 Å². The molecule has 0 aromatic carbocycles. The van der Waals surface area contributed by atoms with E-state index in [9.17, 15) is 19.2 Å². The smallest absolute Gasteiger partial charge is 0.259 e. The van der Waals surface area contributed by atoms with Gasteiger partial charge in [0.2, 0.25) is 11.8 Å². The number of rotatable bonds is 47. The molecular weight excluding hydrogens is 1190 g/mol. The Morgan fingerprint density at radius 1 is 0.571 bits per heavy atom. The highest BCUT2D eigenvalue weighted by Gasteiger charge is 2.42. The van der Waals surface area contributed by atoms with Crippen molar-refractivity contribution in [3.63, 3.8) is 0 Å². The van der Waals surface area contributed by atoms with Gasteiger partial charge in [0.15, 0.2) is 0 Å². The monoisotopic (exact) mass is 1310 g/mol. The van der Waals surface area contributed by atoms with Gasteiger partial charge in [-0.3, -0.25) is 28.3 Å². The topological polar surface area (TPSA) is 248 Å². The molecular formula is C68H121N11O10P2. The molecule has 0 aliphatic carbocycles. The zero-order valence-corrected chi connectivity index (χ0v) is 60.2. The molecule has 91 heavy (non-hydrogen) atoms. The molecule has 21 nitrogen and oxygen atoms in total. The number of hydrogen-bond donors (Lipinski definition) is 5. The van der Waals surface area contributed by atoms with Crippen LogP contribution in [0.25, 0.3) is 0 Å². The summed E-state index contributed by atoms with van der Waals surface area (Å²) in [4.78, 5) is 50.4. The molecule has 2 aromatic rings. The number of nitriles is 2. The Balaban J connectivity index is 0.000000509. The SMILES string of the molecule is CCC1OC(n2cc(C)c(NCCCCCCCNC(=O)CCCCNC(=O)CCCCCNC)cc2=O)CC1OP(OCCC#N)N(C(C)C)C(C)C.CCCCCCCNc1cc(=O)n(C2CC(OP(OCCC#N)N(C(C)C)C(C)C)C(CC)O2)cc1C. The fraction of sp³-hybridized carbons (Fsp3) is 0.794. The predicted molar refractivity (Wildman–Crippen MR) is 370 cm³/mol. The Bertz CT molecular complexity index is 2530. The number of nitrogens with one attached hydrogen (secondary N) is 5. The maximum atomic E-state index is 13.3. The molecule has 2 aromatic heterocycles. The minimum absolute atomic E-state index is 0.0712. The van der Waals surface area contributed by atoms with Crippen molar-refractivity contribution < 1.29 is 37.2 Å². The fourth-order valence-electron chi connectivity index (χ4n) is 11.4. The molecule has 5 N–H and O–H groups in total. The molecule has 8 unspecified atom stereocenters.